The quantitative estimate of drug-likeness (QED) is 0.817. The second-order valence-corrected chi connectivity index (χ2v) is 4.48. The number of carboxylic acids is 1. The predicted molar refractivity (Wildman–Crippen MR) is 72.0 cm³/mol. The summed E-state index contributed by atoms with van der Waals surface area (Å²) in [6.07, 6.45) is 1.79. The number of amides is 1. The largest absolute Gasteiger partial charge is 0.480 e. The van der Waals surface area contributed by atoms with Crippen molar-refractivity contribution in [2.24, 2.45) is 5.92 Å². The molecule has 1 fully saturated rings. The van der Waals surface area contributed by atoms with Gasteiger partial charge in [0.25, 0.3) is 0 Å². The molecule has 1 atom stereocenters. The summed E-state index contributed by atoms with van der Waals surface area (Å²) in [6, 6.07) is 0. The van der Waals surface area contributed by atoms with Crippen LogP contribution in [-0.2, 0) is 9.59 Å². The van der Waals surface area contributed by atoms with Crippen molar-refractivity contribution in [2.75, 3.05) is 32.7 Å². The van der Waals surface area contributed by atoms with Crippen molar-refractivity contribution in [3.8, 4) is 0 Å². The molecule has 18 heavy (non-hydrogen) atoms. The van der Waals surface area contributed by atoms with E-state index >= 15 is 0 Å². The zero-order valence-corrected chi connectivity index (χ0v) is 11.9. The van der Waals surface area contributed by atoms with Crippen LogP contribution in [0, 0.1) is 5.92 Å². The van der Waals surface area contributed by atoms with Gasteiger partial charge in [-0.3, -0.25) is 14.5 Å². The highest BCUT2D eigenvalue weighted by atomic mass is 35.5. The van der Waals surface area contributed by atoms with Gasteiger partial charge in [0.05, 0.1) is 12.5 Å². The van der Waals surface area contributed by atoms with Gasteiger partial charge in [-0.15, -0.1) is 12.4 Å². The van der Waals surface area contributed by atoms with Gasteiger partial charge in [0.2, 0.25) is 5.91 Å². The van der Waals surface area contributed by atoms with E-state index in [0.29, 0.717) is 6.54 Å². The molecule has 1 N–H and O–H groups in total. The lowest BCUT2D eigenvalue weighted by Gasteiger charge is -2.33. The number of carbonyl (C=O) groups is 2. The maximum absolute atomic E-state index is 12.1. The molecule has 5 nitrogen and oxygen atoms in total. The molecular weight excluding hydrogens is 256 g/mol. The number of hydrogen-bond acceptors (Lipinski definition) is 3. The standard InChI is InChI=1S/C12H22N2O3.ClH/c1-3-14(4-2)12(17)10-6-5-7-13(8-10)9-11(15)16;/h10H,3-9H2,1-2H3,(H,15,16);1H. The molecule has 1 heterocycles. The molecule has 1 aliphatic heterocycles. The van der Waals surface area contributed by atoms with E-state index in [1.54, 1.807) is 0 Å². The first-order valence-electron chi connectivity index (χ1n) is 6.31. The Kier molecular flexibility index (Phi) is 7.95. The summed E-state index contributed by atoms with van der Waals surface area (Å²) in [5.74, 6) is -0.672. The molecule has 1 aliphatic rings. The Hall–Kier alpha value is -0.810. The lowest BCUT2D eigenvalue weighted by atomic mass is 9.96. The van der Waals surface area contributed by atoms with E-state index in [-0.39, 0.29) is 30.8 Å². The first-order valence-corrected chi connectivity index (χ1v) is 6.31. The Bertz CT molecular complexity index is 282. The van der Waals surface area contributed by atoms with Gasteiger partial charge in [0.1, 0.15) is 0 Å². The third-order valence-electron chi connectivity index (χ3n) is 3.29. The average Bonchev–Trinajstić information content (AvgIpc) is 2.30. The highest BCUT2D eigenvalue weighted by Crippen LogP contribution is 2.18. The van der Waals surface area contributed by atoms with Crippen LogP contribution >= 0.6 is 12.4 Å². The minimum Gasteiger partial charge on any atom is -0.480 e. The van der Waals surface area contributed by atoms with Crippen molar-refractivity contribution in [2.45, 2.75) is 26.7 Å². The third kappa shape index (κ3) is 4.82. The number of likely N-dealkylation sites (tertiary alicyclic amines) is 1. The van der Waals surface area contributed by atoms with Crippen molar-refractivity contribution in [1.29, 1.82) is 0 Å². The molecule has 0 aliphatic carbocycles. The number of piperidine rings is 1. The van der Waals surface area contributed by atoms with Crippen LogP contribution in [0.4, 0.5) is 0 Å². The van der Waals surface area contributed by atoms with E-state index < -0.39 is 5.97 Å². The average molecular weight is 279 g/mol. The first-order chi connectivity index (χ1) is 8.08. The molecule has 0 aromatic heterocycles. The molecule has 1 saturated heterocycles. The molecule has 0 spiro atoms. The van der Waals surface area contributed by atoms with Crippen molar-refractivity contribution in [3.63, 3.8) is 0 Å². The minimum atomic E-state index is -0.819. The van der Waals surface area contributed by atoms with Crippen LogP contribution in [0.25, 0.3) is 0 Å². The van der Waals surface area contributed by atoms with Crippen LogP contribution in [0.3, 0.4) is 0 Å². The van der Waals surface area contributed by atoms with E-state index in [1.165, 1.54) is 0 Å². The van der Waals surface area contributed by atoms with E-state index in [2.05, 4.69) is 0 Å². The summed E-state index contributed by atoms with van der Waals surface area (Å²) in [4.78, 5) is 26.5. The van der Waals surface area contributed by atoms with E-state index in [4.69, 9.17) is 5.11 Å². The molecule has 1 unspecified atom stereocenters. The number of aliphatic carboxylic acids is 1. The topological polar surface area (TPSA) is 60.9 Å². The Morgan fingerprint density at radius 2 is 1.94 bits per heavy atom. The zero-order chi connectivity index (χ0) is 12.8. The molecule has 0 saturated carbocycles. The van der Waals surface area contributed by atoms with Gasteiger partial charge in [0.15, 0.2) is 0 Å². The smallest absolute Gasteiger partial charge is 0.317 e. The highest BCUT2D eigenvalue weighted by molar-refractivity contribution is 5.85. The van der Waals surface area contributed by atoms with Gasteiger partial charge in [-0.1, -0.05) is 0 Å². The van der Waals surface area contributed by atoms with Gasteiger partial charge in [0, 0.05) is 19.6 Å². The van der Waals surface area contributed by atoms with E-state index in [1.807, 2.05) is 23.6 Å². The molecule has 0 bridgehead atoms. The van der Waals surface area contributed by atoms with Crippen molar-refractivity contribution in [3.05, 3.63) is 0 Å². The van der Waals surface area contributed by atoms with E-state index in [0.717, 1.165) is 32.5 Å². The fourth-order valence-electron chi connectivity index (χ4n) is 2.39. The fourth-order valence-corrected chi connectivity index (χ4v) is 2.39. The summed E-state index contributed by atoms with van der Waals surface area (Å²) in [7, 11) is 0. The van der Waals surface area contributed by atoms with Gasteiger partial charge < -0.3 is 10.0 Å². The Balaban J connectivity index is 0.00000289. The highest BCUT2D eigenvalue weighted by Gasteiger charge is 2.28. The Morgan fingerprint density at radius 3 is 2.44 bits per heavy atom. The maximum atomic E-state index is 12.1. The second-order valence-electron chi connectivity index (χ2n) is 4.48. The lowest BCUT2D eigenvalue weighted by Crippen LogP contribution is -2.46. The number of carbonyl (C=O) groups excluding carboxylic acids is 1. The molecule has 0 radical (unpaired) electrons. The Morgan fingerprint density at radius 1 is 1.33 bits per heavy atom. The van der Waals surface area contributed by atoms with Crippen molar-refractivity contribution >= 4 is 24.3 Å². The summed E-state index contributed by atoms with van der Waals surface area (Å²) < 4.78 is 0. The van der Waals surface area contributed by atoms with Gasteiger partial charge in [-0.05, 0) is 33.2 Å². The maximum Gasteiger partial charge on any atom is 0.317 e. The molecule has 1 amide bonds. The van der Waals surface area contributed by atoms with Crippen molar-refractivity contribution < 1.29 is 14.7 Å². The number of nitrogens with zero attached hydrogens (tertiary/aromatic N) is 2. The van der Waals surface area contributed by atoms with Gasteiger partial charge in [-0.25, -0.2) is 0 Å². The van der Waals surface area contributed by atoms with Crippen LogP contribution in [0.5, 0.6) is 0 Å². The van der Waals surface area contributed by atoms with Crippen LogP contribution in [0.15, 0.2) is 0 Å². The molecule has 6 heteroatoms. The van der Waals surface area contributed by atoms with Gasteiger partial charge in [-0.2, -0.15) is 0 Å². The predicted octanol–water partition coefficient (Wildman–Crippen LogP) is 1.07. The van der Waals surface area contributed by atoms with Crippen LogP contribution < -0.4 is 0 Å². The molecule has 0 aromatic rings. The summed E-state index contributed by atoms with van der Waals surface area (Å²) in [5.41, 5.74) is 0. The van der Waals surface area contributed by atoms with Crippen molar-refractivity contribution in [1.82, 2.24) is 9.80 Å². The fraction of sp³-hybridized carbons (Fsp3) is 0.833. The van der Waals surface area contributed by atoms with Gasteiger partial charge >= 0.3 is 5.97 Å². The van der Waals surface area contributed by atoms with E-state index in [9.17, 15) is 9.59 Å². The SMILES string of the molecule is CCN(CC)C(=O)C1CCCN(CC(=O)O)C1.Cl. The lowest BCUT2D eigenvalue weighted by molar-refractivity contribution is -0.142. The monoisotopic (exact) mass is 278 g/mol. The molecular formula is C12H23ClN2O3. The molecule has 0 aromatic carbocycles. The second kappa shape index (κ2) is 8.32. The zero-order valence-electron chi connectivity index (χ0n) is 11.1. The molecule has 1 rings (SSSR count). The number of rotatable bonds is 5. The molecule has 106 valence electrons. The Labute approximate surface area is 115 Å². The number of hydrogen-bond donors (Lipinski definition) is 1. The summed E-state index contributed by atoms with van der Waals surface area (Å²) in [6.45, 7) is 6.81. The third-order valence-corrected chi connectivity index (χ3v) is 3.29. The number of halogens is 1. The van der Waals surface area contributed by atoms with Crippen LogP contribution in [0.1, 0.15) is 26.7 Å². The summed E-state index contributed by atoms with van der Waals surface area (Å²) >= 11 is 0. The first kappa shape index (κ1) is 17.2. The normalized spacial score (nSPS) is 20.0. The number of carboxylic acid groups (broad SMARTS) is 1. The minimum absolute atomic E-state index is 0. The summed E-state index contributed by atoms with van der Waals surface area (Å²) in [5, 5.41) is 8.76. The van der Waals surface area contributed by atoms with Crippen LogP contribution in [0.2, 0.25) is 0 Å². The van der Waals surface area contributed by atoms with Crippen LogP contribution in [-0.4, -0.2) is 59.5 Å².